The molecule has 0 spiro atoms. The third-order valence-electron chi connectivity index (χ3n) is 2.84. The van der Waals surface area contributed by atoms with Gasteiger partial charge < -0.3 is 4.90 Å². The summed E-state index contributed by atoms with van der Waals surface area (Å²) in [4.78, 5) is 15.4. The molecule has 1 aliphatic rings. The van der Waals surface area contributed by atoms with Gasteiger partial charge in [-0.15, -0.1) is 11.3 Å². The van der Waals surface area contributed by atoms with Crippen molar-refractivity contribution in [1.82, 2.24) is 4.90 Å². The fourth-order valence-electron chi connectivity index (χ4n) is 2.00. The lowest BCUT2D eigenvalue weighted by Gasteiger charge is -2.22. The van der Waals surface area contributed by atoms with Crippen LogP contribution in [0.15, 0.2) is 11.4 Å². The highest BCUT2D eigenvalue weighted by atomic mass is 32.1. The topological polar surface area (TPSA) is 20.3 Å². The molecule has 15 heavy (non-hydrogen) atoms. The summed E-state index contributed by atoms with van der Waals surface area (Å²) in [6.07, 6.45) is 2.24. The number of hydrogen-bond acceptors (Lipinski definition) is 2. The van der Waals surface area contributed by atoms with Crippen LogP contribution in [-0.2, 0) is 17.8 Å². The van der Waals surface area contributed by atoms with E-state index in [9.17, 15) is 4.79 Å². The number of rotatable bonds is 1. The first-order chi connectivity index (χ1) is 7.18. The monoisotopic (exact) mass is 223 g/mol. The Morgan fingerprint density at radius 1 is 1.53 bits per heavy atom. The Bertz CT molecular complexity index is 356. The second-order valence-corrected chi connectivity index (χ2v) is 5.39. The lowest BCUT2D eigenvalue weighted by atomic mass is 10.2. The highest BCUT2D eigenvalue weighted by molar-refractivity contribution is 7.10. The van der Waals surface area contributed by atoms with Gasteiger partial charge in [0.25, 0.3) is 0 Å². The molecule has 1 aromatic heterocycles. The summed E-state index contributed by atoms with van der Waals surface area (Å²) in [6.45, 7) is 5.68. The third kappa shape index (κ3) is 2.23. The Kier molecular flexibility index (Phi) is 3.10. The molecule has 2 nitrogen and oxygen atoms in total. The van der Waals surface area contributed by atoms with Crippen molar-refractivity contribution in [3.8, 4) is 0 Å². The number of thiophene rings is 1. The zero-order valence-electron chi connectivity index (χ0n) is 9.32. The normalized spacial score (nSPS) is 16.3. The Labute approximate surface area is 94.9 Å². The maximum absolute atomic E-state index is 11.9. The smallest absolute Gasteiger partial charge is 0.225 e. The van der Waals surface area contributed by atoms with Gasteiger partial charge in [0.15, 0.2) is 0 Å². The van der Waals surface area contributed by atoms with Crippen LogP contribution in [0.5, 0.6) is 0 Å². The van der Waals surface area contributed by atoms with Crippen LogP contribution in [0.1, 0.15) is 30.7 Å². The van der Waals surface area contributed by atoms with Crippen molar-refractivity contribution >= 4 is 17.2 Å². The predicted molar refractivity (Wildman–Crippen MR) is 62.9 cm³/mol. The number of aryl methyl sites for hydroxylation is 1. The molecule has 2 heterocycles. The second kappa shape index (κ2) is 4.35. The highest BCUT2D eigenvalue weighted by Crippen LogP contribution is 2.24. The maximum Gasteiger partial charge on any atom is 0.225 e. The van der Waals surface area contributed by atoms with Crippen molar-refractivity contribution < 1.29 is 4.79 Å². The summed E-state index contributed by atoms with van der Waals surface area (Å²) in [6, 6.07) is 2.16. The summed E-state index contributed by atoms with van der Waals surface area (Å²) < 4.78 is 0. The number of nitrogens with zero attached hydrogens (tertiary/aromatic N) is 1. The quantitative estimate of drug-likeness (QED) is 0.717. The number of hydrogen-bond donors (Lipinski definition) is 0. The van der Waals surface area contributed by atoms with Gasteiger partial charge in [-0.3, -0.25) is 4.79 Å². The fourth-order valence-corrected chi connectivity index (χ4v) is 2.94. The van der Waals surface area contributed by atoms with Gasteiger partial charge in [-0.25, -0.2) is 0 Å². The molecule has 0 fully saturated rings. The molecule has 82 valence electrons. The lowest BCUT2D eigenvalue weighted by molar-refractivity contribution is -0.135. The summed E-state index contributed by atoms with van der Waals surface area (Å²) in [5.74, 6) is 0.402. The van der Waals surface area contributed by atoms with E-state index in [0.717, 1.165) is 25.9 Å². The van der Waals surface area contributed by atoms with Crippen LogP contribution < -0.4 is 0 Å². The van der Waals surface area contributed by atoms with Crippen LogP contribution in [0.4, 0.5) is 0 Å². The Morgan fingerprint density at radius 3 is 3.07 bits per heavy atom. The molecular weight excluding hydrogens is 206 g/mol. The van der Waals surface area contributed by atoms with E-state index >= 15 is 0 Å². The molecule has 1 aromatic rings. The number of amides is 1. The summed E-state index contributed by atoms with van der Waals surface area (Å²) in [5, 5.41) is 2.13. The van der Waals surface area contributed by atoms with Gasteiger partial charge in [0.1, 0.15) is 0 Å². The van der Waals surface area contributed by atoms with Crippen LogP contribution in [-0.4, -0.2) is 17.4 Å². The van der Waals surface area contributed by atoms with Gasteiger partial charge in [0, 0.05) is 23.9 Å². The molecule has 0 aromatic carbocycles. The first-order valence-corrected chi connectivity index (χ1v) is 6.40. The number of fused-ring (bicyclic) bond motifs is 1. The van der Waals surface area contributed by atoms with E-state index in [0.29, 0.717) is 0 Å². The van der Waals surface area contributed by atoms with Gasteiger partial charge in [-0.1, -0.05) is 13.8 Å². The van der Waals surface area contributed by atoms with E-state index in [4.69, 9.17) is 0 Å². The largest absolute Gasteiger partial charge is 0.338 e. The van der Waals surface area contributed by atoms with E-state index in [1.807, 2.05) is 30.1 Å². The van der Waals surface area contributed by atoms with Gasteiger partial charge in [-0.05, 0) is 29.9 Å². The number of carbonyl (C=O) groups is 1. The molecule has 1 amide bonds. The molecule has 0 bridgehead atoms. The van der Waals surface area contributed by atoms with Crippen molar-refractivity contribution in [3.05, 3.63) is 21.9 Å². The molecule has 0 saturated heterocycles. The van der Waals surface area contributed by atoms with Crippen LogP contribution in [0, 0.1) is 5.92 Å². The van der Waals surface area contributed by atoms with E-state index in [2.05, 4.69) is 11.4 Å². The molecule has 1 aliphatic heterocycles. The van der Waals surface area contributed by atoms with Crippen molar-refractivity contribution in [2.45, 2.75) is 33.2 Å². The maximum atomic E-state index is 11.9. The fraction of sp³-hybridized carbons (Fsp3) is 0.583. The highest BCUT2D eigenvalue weighted by Gasteiger charge is 2.21. The summed E-state index contributed by atoms with van der Waals surface area (Å²) in [7, 11) is 0. The molecule has 0 N–H and O–H groups in total. The average molecular weight is 223 g/mol. The minimum atomic E-state index is 0.116. The van der Waals surface area contributed by atoms with E-state index in [1.165, 1.54) is 10.4 Å². The first kappa shape index (κ1) is 10.7. The van der Waals surface area contributed by atoms with Gasteiger partial charge >= 0.3 is 0 Å². The molecule has 3 heteroatoms. The SMILES string of the molecule is CC(C)C(=O)N1CCCc2sccc2C1. The van der Waals surface area contributed by atoms with Crippen LogP contribution >= 0.6 is 11.3 Å². The van der Waals surface area contributed by atoms with Crippen molar-refractivity contribution in [2.24, 2.45) is 5.92 Å². The van der Waals surface area contributed by atoms with E-state index in [-0.39, 0.29) is 11.8 Å². The summed E-state index contributed by atoms with van der Waals surface area (Å²) in [5.41, 5.74) is 1.35. The predicted octanol–water partition coefficient (Wildman–Crippen LogP) is 2.68. The molecule has 0 radical (unpaired) electrons. The van der Waals surface area contributed by atoms with E-state index < -0.39 is 0 Å². The van der Waals surface area contributed by atoms with Gasteiger partial charge in [0.05, 0.1) is 0 Å². The van der Waals surface area contributed by atoms with Crippen molar-refractivity contribution in [3.63, 3.8) is 0 Å². The zero-order valence-corrected chi connectivity index (χ0v) is 10.1. The van der Waals surface area contributed by atoms with Crippen LogP contribution in [0.3, 0.4) is 0 Å². The minimum absolute atomic E-state index is 0.116. The standard InChI is InChI=1S/C12H17NOS/c1-9(2)12(14)13-6-3-4-11-10(8-13)5-7-15-11/h5,7,9H,3-4,6,8H2,1-2H3. The summed E-state index contributed by atoms with van der Waals surface area (Å²) >= 11 is 1.82. The van der Waals surface area contributed by atoms with Crippen molar-refractivity contribution in [1.29, 1.82) is 0 Å². The van der Waals surface area contributed by atoms with E-state index in [1.54, 1.807) is 0 Å². The Morgan fingerprint density at radius 2 is 2.33 bits per heavy atom. The number of carbonyl (C=O) groups excluding carboxylic acids is 1. The van der Waals surface area contributed by atoms with Gasteiger partial charge in [0.2, 0.25) is 5.91 Å². The molecule has 0 saturated carbocycles. The second-order valence-electron chi connectivity index (χ2n) is 4.39. The van der Waals surface area contributed by atoms with Crippen LogP contribution in [0.25, 0.3) is 0 Å². The van der Waals surface area contributed by atoms with Crippen molar-refractivity contribution in [2.75, 3.05) is 6.54 Å². The molecular formula is C12H17NOS. The molecule has 0 atom stereocenters. The first-order valence-electron chi connectivity index (χ1n) is 5.52. The third-order valence-corrected chi connectivity index (χ3v) is 3.86. The molecule has 0 aliphatic carbocycles. The Hall–Kier alpha value is -0.830. The Balaban J connectivity index is 2.15. The van der Waals surface area contributed by atoms with Gasteiger partial charge in [-0.2, -0.15) is 0 Å². The van der Waals surface area contributed by atoms with Crippen LogP contribution in [0.2, 0.25) is 0 Å². The molecule has 2 rings (SSSR count). The lowest BCUT2D eigenvalue weighted by Crippen LogP contribution is -2.33. The minimum Gasteiger partial charge on any atom is -0.338 e. The average Bonchev–Trinajstić information content (AvgIpc) is 2.54. The molecule has 0 unspecified atom stereocenters. The zero-order chi connectivity index (χ0) is 10.8.